The van der Waals surface area contributed by atoms with Crippen LogP contribution in [0.25, 0.3) is 10.9 Å². The van der Waals surface area contributed by atoms with Gasteiger partial charge in [-0.2, -0.15) is 0 Å². The second kappa shape index (κ2) is 10.2. The van der Waals surface area contributed by atoms with Crippen molar-refractivity contribution in [1.82, 2.24) is 20.6 Å². The Labute approximate surface area is 161 Å². The number of rotatable bonds is 10. The van der Waals surface area contributed by atoms with Crippen molar-refractivity contribution in [2.45, 2.75) is 45.1 Å². The summed E-state index contributed by atoms with van der Waals surface area (Å²) in [5, 5.41) is 14.9. The van der Waals surface area contributed by atoms with Gasteiger partial charge in [0, 0.05) is 26.3 Å². The topological polar surface area (TPSA) is 141 Å². The lowest BCUT2D eigenvalue weighted by atomic mass is 10.1. The number of carbonyl (C=O) groups excluding carboxylic acids is 2. The van der Waals surface area contributed by atoms with Gasteiger partial charge in [-0.15, -0.1) is 0 Å². The van der Waals surface area contributed by atoms with E-state index >= 15 is 0 Å². The van der Waals surface area contributed by atoms with Crippen LogP contribution in [0.1, 0.15) is 38.4 Å². The molecule has 0 spiro atoms. The van der Waals surface area contributed by atoms with Crippen molar-refractivity contribution in [3.63, 3.8) is 0 Å². The molecular weight excluding hydrogens is 364 g/mol. The van der Waals surface area contributed by atoms with E-state index in [4.69, 9.17) is 0 Å². The van der Waals surface area contributed by atoms with E-state index in [1.54, 1.807) is 24.3 Å². The number of fused-ring (bicyclic) bond motifs is 1. The van der Waals surface area contributed by atoms with E-state index in [0.717, 1.165) is 0 Å². The first-order valence-electron chi connectivity index (χ1n) is 9.11. The minimum absolute atomic E-state index is 0.0109. The average Bonchev–Trinajstić information content (AvgIpc) is 2.65. The van der Waals surface area contributed by atoms with Crippen LogP contribution in [0.5, 0.6) is 0 Å². The van der Waals surface area contributed by atoms with Gasteiger partial charge in [0.05, 0.1) is 10.9 Å². The van der Waals surface area contributed by atoms with Crippen LogP contribution in [0.4, 0.5) is 0 Å². The number of para-hydroxylation sites is 1. The Bertz CT molecular complexity index is 909. The van der Waals surface area contributed by atoms with Gasteiger partial charge in [0.15, 0.2) is 0 Å². The Morgan fingerprint density at radius 3 is 2.68 bits per heavy atom. The summed E-state index contributed by atoms with van der Waals surface area (Å²) >= 11 is 0. The van der Waals surface area contributed by atoms with E-state index < -0.39 is 17.9 Å². The molecule has 150 valence electrons. The number of aliphatic carboxylic acids is 1. The molecule has 0 aliphatic carbocycles. The number of amides is 2. The molecule has 1 heterocycles. The van der Waals surface area contributed by atoms with Gasteiger partial charge >= 0.3 is 5.97 Å². The third-order valence-corrected chi connectivity index (χ3v) is 4.18. The predicted octanol–water partition coefficient (Wildman–Crippen LogP) is 0.732. The highest BCUT2D eigenvalue weighted by atomic mass is 16.4. The maximum Gasteiger partial charge on any atom is 0.326 e. The molecule has 0 aliphatic heterocycles. The highest BCUT2D eigenvalue weighted by Gasteiger charge is 2.19. The van der Waals surface area contributed by atoms with Gasteiger partial charge in [0.1, 0.15) is 11.9 Å². The summed E-state index contributed by atoms with van der Waals surface area (Å²) in [6.45, 7) is 1.88. The number of aromatic amines is 1. The lowest BCUT2D eigenvalue weighted by molar-refractivity contribution is -0.142. The monoisotopic (exact) mass is 388 g/mol. The molecule has 0 unspecified atom stereocenters. The number of carboxylic acids is 1. The fourth-order valence-electron chi connectivity index (χ4n) is 2.75. The zero-order chi connectivity index (χ0) is 20.5. The molecule has 1 atom stereocenters. The van der Waals surface area contributed by atoms with E-state index in [9.17, 15) is 24.3 Å². The number of aromatic nitrogens is 2. The third-order valence-electron chi connectivity index (χ3n) is 4.18. The van der Waals surface area contributed by atoms with Crippen LogP contribution in [0.3, 0.4) is 0 Å². The van der Waals surface area contributed by atoms with Crippen molar-refractivity contribution >= 4 is 28.7 Å². The summed E-state index contributed by atoms with van der Waals surface area (Å²) in [6, 6.07) is 5.91. The number of benzene rings is 1. The summed E-state index contributed by atoms with van der Waals surface area (Å²) in [5.41, 5.74) is 0.271. The van der Waals surface area contributed by atoms with E-state index in [1.165, 1.54) is 6.92 Å². The summed E-state index contributed by atoms with van der Waals surface area (Å²) in [6.07, 6.45) is 1.65. The molecule has 0 saturated heterocycles. The first kappa shape index (κ1) is 21.1. The van der Waals surface area contributed by atoms with Gasteiger partial charge in [-0.25, -0.2) is 9.78 Å². The third kappa shape index (κ3) is 6.49. The fraction of sp³-hybridized carbons (Fsp3) is 0.421. The summed E-state index contributed by atoms with van der Waals surface area (Å²) < 4.78 is 0. The number of hydrogen-bond donors (Lipinski definition) is 4. The largest absolute Gasteiger partial charge is 0.480 e. The van der Waals surface area contributed by atoms with Gasteiger partial charge in [-0.3, -0.25) is 14.4 Å². The normalized spacial score (nSPS) is 11.8. The molecule has 0 aliphatic rings. The number of nitrogens with one attached hydrogen (secondary N) is 3. The van der Waals surface area contributed by atoms with Gasteiger partial charge < -0.3 is 20.7 Å². The highest BCUT2D eigenvalue weighted by Crippen LogP contribution is 2.07. The smallest absolute Gasteiger partial charge is 0.326 e. The summed E-state index contributed by atoms with van der Waals surface area (Å²) in [7, 11) is 0. The van der Waals surface area contributed by atoms with Crippen LogP contribution in [0.15, 0.2) is 29.1 Å². The average molecular weight is 388 g/mol. The van der Waals surface area contributed by atoms with E-state index in [-0.39, 0.29) is 30.7 Å². The van der Waals surface area contributed by atoms with Crippen LogP contribution in [-0.4, -0.2) is 45.4 Å². The Balaban J connectivity index is 1.85. The van der Waals surface area contributed by atoms with Crippen molar-refractivity contribution in [2.75, 3.05) is 6.54 Å². The van der Waals surface area contributed by atoms with Crippen molar-refractivity contribution < 1.29 is 19.5 Å². The predicted molar refractivity (Wildman–Crippen MR) is 103 cm³/mol. The Morgan fingerprint density at radius 1 is 1.21 bits per heavy atom. The SMILES string of the molecule is CC(=O)NCCCC[C@H](NC(=O)CCc1nc2ccccc2c(=O)[nH]1)C(=O)O. The summed E-state index contributed by atoms with van der Waals surface area (Å²) in [5.74, 6) is -1.29. The first-order chi connectivity index (χ1) is 13.4. The molecule has 1 aromatic carbocycles. The standard InChI is InChI=1S/C19H24N4O5/c1-12(24)20-11-5-4-8-15(19(27)28)22-17(25)10-9-16-21-14-7-3-2-6-13(14)18(26)23-16/h2-3,6-7,15H,4-5,8-11H2,1H3,(H,20,24)(H,22,25)(H,27,28)(H,21,23,26)/t15-/m0/s1. The zero-order valence-corrected chi connectivity index (χ0v) is 15.7. The second-order valence-corrected chi connectivity index (χ2v) is 6.47. The molecule has 4 N–H and O–H groups in total. The molecule has 0 saturated carbocycles. The molecule has 0 bridgehead atoms. The van der Waals surface area contributed by atoms with Gasteiger partial charge in [-0.05, 0) is 31.4 Å². The van der Waals surface area contributed by atoms with E-state index in [1.807, 2.05) is 0 Å². The minimum Gasteiger partial charge on any atom is -0.480 e. The number of carboxylic acid groups (broad SMARTS) is 1. The molecule has 2 amide bonds. The lowest BCUT2D eigenvalue weighted by Gasteiger charge is -2.14. The number of unbranched alkanes of at least 4 members (excludes halogenated alkanes) is 1. The van der Waals surface area contributed by atoms with Gasteiger partial charge in [0.2, 0.25) is 11.8 Å². The Morgan fingerprint density at radius 2 is 1.96 bits per heavy atom. The number of H-pyrrole nitrogens is 1. The zero-order valence-electron chi connectivity index (χ0n) is 15.7. The van der Waals surface area contributed by atoms with Gasteiger partial charge in [0.25, 0.3) is 5.56 Å². The quantitative estimate of drug-likeness (QED) is 0.442. The molecule has 2 aromatic rings. The molecule has 1 aromatic heterocycles. The van der Waals surface area contributed by atoms with Crippen LogP contribution in [-0.2, 0) is 20.8 Å². The Hall–Kier alpha value is -3.23. The molecule has 0 radical (unpaired) electrons. The lowest BCUT2D eigenvalue weighted by Crippen LogP contribution is -2.41. The van der Waals surface area contributed by atoms with Crippen LogP contribution >= 0.6 is 0 Å². The fourth-order valence-corrected chi connectivity index (χ4v) is 2.75. The molecular formula is C19H24N4O5. The number of hydrogen-bond acceptors (Lipinski definition) is 5. The van der Waals surface area contributed by atoms with Crippen molar-refractivity contribution in [3.05, 3.63) is 40.4 Å². The highest BCUT2D eigenvalue weighted by molar-refractivity contribution is 5.83. The maximum atomic E-state index is 12.1. The Kier molecular flexibility index (Phi) is 7.67. The second-order valence-electron chi connectivity index (χ2n) is 6.47. The molecule has 9 nitrogen and oxygen atoms in total. The van der Waals surface area contributed by atoms with E-state index in [0.29, 0.717) is 36.1 Å². The van der Waals surface area contributed by atoms with Crippen molar-refractivity contribution in [3.8, 4) is 0 Å². The number of aryl methyl sites for hydroxylation is 1. The van der Waals surface area contributed by atoms with Gasteiger partial charge in [-0.1, -0.05) is 12.1 Å². The van der Waals surface area contributed by atoms with Crippen LogP contribution in [0.2, 0.25) is 0 Å². The number of carbonyl (C=O) groups is 3. The van der Waals surface area contributed by atoms with E-state index in [2.05, 4.69) is 20.6 Å². The molecule has 0 fully saturated rings. The minimum atomic E-state index is -1.11. The number of nitrogens with zero attached hydrogens (tertiary/aromatic N) is 1. The molecule has 2 rings (SSSR count). The first-order valence-corrected chi connectivity index (χ1v) is 9.11. The summed E-state index contributed by atoms with van der Waals surface area (Å²) in [4.78, 5) is 53.2. The van der Waals surface area contributed by atoms with Crippen LogP contribution < -0.4 is 16.2 Å². The van der Waals surface area contributed by atoms with Crippen molar-refractivity contribution in [1.29, 1.82) is 0 Å². The molecule has 28 heavy (non-hydrogen) atoms. The maximum absolute atomic E-state index is 12.1. The van der Waals surface area contributed by atoms with Crippen LogP contribution in [0, 0.1) is 0 Å². The molecule has 9 heteroatoms. The van der Waals surface area contributed by atoms with Crippen molar-refractivity contribution in [2.24, 2.45) is 0 Å².